The molecule has 1 aromatic rings. The van der Waals surface area contributed by atoms with Crippen LogP contribution in [0.2, 0.25) is 0 Å². The fourth-order valence-corrected chi connectivity index (χ4v) is 3.79. The van der Waals surface area contributed by atoms with E-state index in [1.807, 2.05) is 11.7 Å². The summed E-state index contributed by atoms with van der Waals surface area (Å²) in [5.41, 5.74) is 8.08. The molecule has 1 aromatic heterocycles. The fraction of sp³-hybridized carbons (Fsp3) is 0.727. The van der Waals surface area contributed by atoms with Gasteiger partial charge in [-0.2, -0.15) is 0 Å². The second-order valence-corrected chi connectivity index (χ2v) is 5.71. The summed E-state index contributed by atoms with van der Waals surface area (Å²) < 4.78 is 5.93. The van der Waals surface area contributed by atoms with Gasteiger partial charge in [0, 0.05) is 23.0 Å². The van der Waals surface area contributed by atoms with Crippen molar-refractivity contribution in [2.24, 2.45) is 11.1 Å². The summed E-state index contributed by atoms with van der Waals surface area (Å²) in [6.45, 7) is 0.742. The molecule has 3 unspecified atom stereocenters. The molecule has 3 atom stereocenters. The van der Waals surface area contributed by atoms with E-state index in [0.717, 1.165) is 19.4 Å². The van der Waals surface area contributed by atoms with Crippen molar-refractivity contribution in [3.05, 3.63) is 16.6 Å². The Kier molecular flexibility index (Phi) is 2.30. The topological polar surface area (TPSA) is 48.1 Å². The second kappa shape index (κ2) is 3.54. The molecule has 2 N–H and O–H groups in total. The largest absolute Gasteiger partial charge is 0.374 e. The maximum atomic E-state index is 5.98. The Balaban J connectivity index is 1.82. The summed E-state index contributed by atoms with van der Waals surface area (Å²) in [4.78, 5) is 5.47. The first kappa shape index (κ1) is 9.75. The molecule has 3 nitrogen and oxygen atoms in total. The van der Waals surface area contributed by atoms with Crippen LogP contribution in [-0.2, 0) is 11.2 Å². The van der Waals surface area contributed by atoms with Crippen LogP contribution < -0.4 is 5.73 Å². The van der Waals surface area contributed by atoms with Gasteiger partial charge in [-0.25, -0.2) is 0 Å². The van der Waals surface area contributed by atoms with Crippen molar-refractivity contribution in [2.45, 2.75) is 37.9 Å². The van der Waals surface area contributed by atoms with E-state index >= 15 is 0 Å². The third-order valence-corrected chi connectivity index (χ3v) is 4.62. The van der Waals surface area contributed by atoms with Gasteiger partial charge in [0.15, 0.2) is 0 Å². The van der Waals surface area contributed by atoms with E-state index in [4.69, 9.17) is 10.5 Å². The van der Waals surface area contributed by atoms with Crippen molar-refractivity contribution < 1.29 is 4.74 Å². The van der Waals surface area contributed by atoms with Gasteiger partial charge in [0.05, 0.1) is 17.7 Å². The van der Waals surface area contributed by atoms with Crippen LogP contribution in [0.15, 0.2) is 11.7 Å². The van der Waals surface area contributed by atoms with Gasteiger partial charge < -0.3 is 10.5 Å². The lowest BCUT2D eigenvalue weighted by Gasteiger charge is -2.33. The van der Waals surface area contributed by atoms with Crippen molar-refractivity contribution in [1.29, 1.82) is 0 Å². The highest BCUT2D eigenvalue weighted by Crippen LogP contribution is 2.49. The maximum Gasteiger partial charge on any atom is 0.0794 e. The van der Waals surface area contributed by atoms with Gasteiger partial charge in [-0.15, -0.1) is 11.3 Å². The first-order chi connectivity index (χ1) is 7.32. The Labute approximate surface area is 93.7 Å². The minimum Gasteiger partial charge on any atom is -0.374 e. The number of nitrogens with two attached hydrogens (primary N) is 1. The van der Waals surface area contributed by atoms with Crippen molar-refractivity contribution >= 4 is 11.3 Å². The molecule has 2 saturated heterocycles. The molecule has 15 heavy (non-hydrogen) atoms. The lowest BCUT2D eigenvalue weighted by molar-refractivity contribution is 0.0639. The van der Waals surface area contributed by atoms with E-state index in [-0.39, 0.29) is 5.41 Å². The van der Waals surface area contributed by atoms with Crippen molar-refractivity contribution in [3.8, 4) is 0 Å². The quantitative estimate of drug-likeness (QED) is 0.848. The number of hydrogen-bond acceptors (Lipinski definition) is 4. The van der Waals surface area contributed by atoms with Gasteiger partial charge in [0.1, 0.15) is 0 Å². The molecule has 3 heterocycles. The van der Waals surface area contributed by atoms with E-state index in [1.165, 1.54) is 17.7 Å². The molecule has 2 aliphatic heterocycles. The van der Waals surface area contributed by atoms with Crippen molar-refractivity contribution in [1.82, 2.24) is 4.98 Å². The van der Waals surface area contributed by atoms with Crippen LogP contribution in [0, 0.1) is 5.41 Å². The number of thiazole rings is 1. The Morgan fingerprint density at radius 2 is 2.53 bits per heavy atom. The highest BCUT2D eigenvalue weighted by Gasteiger charge is 2.51. The molecule has 0 saturated carbocycles. The number of ether oxygens (including phenoxy) is 1. The fourth-order valence-electron chi connectivity index (χ4n) is 3.04. The molecule has 2 bridgehead atoms. The molecule has 2 aliphatic rings. The standard InChI is InChI=1S/C11H16N2OS/c12-6-11(4-9-5-13-7-15-9)3-8-1-2-10(11)14-8/h5,7-8,10H,1-4,6,12H2. The van der Waals surface area contributed by atoms with E-state index in [0.29, 0.717) is 12.2 Å². The van der Waals surface area contributed by atoms with Crippen LogP contribution in [0.25, 0.3) is 0 Å². The van der Waals surface area contributed by atoms with E-state index in [9.17, 15) is 0 Å². The average molecular weight is 224 g/mol. The van der Waals surface area contributed by atoms with Crippen LogP contribution in [0.1, 0.15) is 24.1 Å². The van der Waals surface area contributed by atoms with Crippen LogP contribution in [0.4, 0.5) is 0 Å². The van der Waals surface area contributed by atoms with Gasteiger partial charge in [-0.05, 0) is 25.7 Å². The monoisotopic (exact) mass is 224 g/mol. The van der Waals surface area contributed by atoms with Crippen molar-refractivity contribution in [2.75, 3.05) is 6.54 Å². The molecular weight excluding hydrogens is 208 g/mol. The molecule has 0 aliphatic carbocycles. The average Bonchev–Trinajstić information content (AvgIpc) is 2.93. The molecule has 4 heteroatoms. The van der Waals surface area contributed by atoms with E-state index in [2.05, 4.69) is 4.98 Å². The first-order valence-electron chi connectivity index (χ1n) is 5.55. The van der Waals surface area contributed by atoms with Gasteiger partial charge in [0.25, 0.3) is 0 Å². The minimum absolute atomic E-state index is 0.204. The molecule has 0 radical (unpaired) electrons. The Morgan fingerprint density at radius 3 is 3.07 bits per heavy atom. The lowest BCUT2D eigenvalue weighted by Crippen LogP contribution is -2.41. The number of hydrogen-bond donors (Lipinski definition) is 1. The zero-order valence-corrected chi connectivity index (χ0v) is 9.50. The summed E-state index contributed by atoms with van der Waals surface area (Å²) in [5.74, 6) is 0. The van der Waals surface area contributed by atoms with Crippen LogP contribution in [0.3, 0.4) is 0 Å². The molecule has 0 amide bonds. The van der Waals surface area contributed by atoms with Crippen LogP contribution in [-0.4, -0.2) is 23.7 Å². The summed E-state index contributed by atoms with van der Waals surface area (Å²) in [5, 5.41) is 0. The smallest absolute Gasteiger partial charge is 0.0794 e. The molecule has 2 fully saturated rings. The van der Waals surface area contributed by atoms with Gasteiger partial charge in [-0.3, -0.25) is 4.98 Å². The zero-order chi connectivity index (χ0) is 10.3. The molecule has 3 rings (SSSR count). The van der Waals surface area contributed by atoms with Crippen LogP contribution >= 0.6 is 11.3 Å². The number of nitrogens with zero attached hydrogens (tertiary/aromatic N) is 1. The van der Waals surface area contributed by atoms with Gasteiger partial charge >= 0.3 is 0 Å². The van der Waals surface area contributed by atoms with Crippen molar-refractivity contribution in [3.63, 3.8) is 0 Å². The Morgan fingerprint density at radius 1 is 1.60 bits per heavy atom. The summed E-state index contributed by atoms with van der Waals surface area (Å²) >= 11 is 1.73. The first-order valence-corrected chi connectivity index (χ1v) is 6.43. The molecule has 0 aromatic carbocycles. The van der Waals surface area contributed by atoms with E-state index in [1.54, 1.807) is 11.3 Å². The normalized spacial score (nSPS) is 38.7. The minimum atomic E-state index is 0.204. The maximum absolute atomic E-state index is 5.98. The third-order valence-electron chi connectivity index (χ3n) is 3.84. The second-order valence-electron chi connectivity index (χ2n) is 4.74. The lowest BCUT2D eigenvalue weighted by atomic mass is 9.71. The summed E-state index contributed by atoms with van der Waals surface area (Å²) in [6, 6.07) is 0. The molecular formula is C11H16N2OS. The summed E-state index contributed by atoms with van der Waals surface area (Å²) in [6.07, 6.45) is 7.46. The third kappa shape index (κ3) is 1.51. The Hall–Kier alpha value is -0.450. The predicted molar refractivity (Wildman–Crippen MR) is 59.8 cm³/mol. The number of rotatable bonds is 3. The summed E-state index contributed by atoms with van der Waals surface area (Å²) in [7, 11) is 0. The highest BCUT2D eigenvalue weighted by atomic mass is 32.1. The zero-order valence-electron chi connectivity index (χ0n) is 8.69. The number of aromatic nitrogens is 1. The molecule has 82 valence electrons. The SMILES string of the molecule is NCC1(Cc2cncs2)CC2CCC1O2. The Bertz CT molecular complexity index is 340. The predicted octanol–water partition coefficient (Wildman–Crippen LogP) is 1.58. The number of fused-ring (bicyclic) bond motifs is 2. The van der Waals surface area contributed by atoms with E-state index < -0.39 is 0 Å². The van der Waals surface area contributed by atoms with Gasteiger partial charge in [-0.1, -0.05) is 0 Å². The highest BCUT2D eigenvalue weighted by molar-refractivity contribution is 7.09. The van der Waals surface area contributed by atoms with Gasteiger partial charge in [0.2, 0.25) is 0 Å². The van der Waals surface area contributed by atoms with Crippen LogP contribution in [0.5, 0.6) is 0 Å². The molecule has 0 spiro atoms.